The van der Waals surface area contributed by atoms with E-state index in [0.717, 1.165) is 17.3 Å². The van der Waals surface area contributed by atoms with Crippen molar-refractivity contribution in [2.24, 2.45) is 0 Å². The average Bonchev–Trinajstić information content (AvgIpc) is 3.12. The Morgan fingerprint density at radius 2 is 1.66 bits per heavy atom. The zero-order chi connectivity index (χ0) is 24.8. The number of methoxy groups -OCH3 is 1. The molecule has 0 atom stereocenters. The van der Waals surface area contributed by atoms with Gasteiger partial charge in [0.1, 0.15) is 23.9 Å². The van der Waals surface area contributed by atoms with Gasteiger partial charge in [0.05, 0.1) is 24.1 Å². The molecule has 1 heterocycles. The summed E-state index contributed by atoms with van der Waals surface area (Å²) in [5, 5.41) is -0.334. The molecule has 1 aliphatic heterocycles. The SMILES string of the molecule is COc1ccc(C(=O)Oc2ccc(/C=C3\SC(=O)N(CCOc4cccc(C)c4)C3=O)cc2)cc1. The third kappa shape index (κ3) is 6.10. The molecule has 2 amide bonds. The van der Waals surface area contributed by atoms with E-state index in [1.54, 1.807) is 61.7 Å². The summed E-state index contributed by atoms with van der Waals surface area (Å²) in [6.45, 7) is 2.34. The molecule has 0 N–H and O–H groups in total. The van der Waals surface area contributed by atoms with Crippen molar-refractivity contribution in [2.45, 2.75) is 6.92 Å². The minimum absolute atomic E-state index is 0.163. The van der Waals surface area contributed by atoms with Crippen LogP contribution < -0.4 is 14.2 Å². The number of imide groups is 1. The number of rotatable bonds is 8. The van der Waals surface area contributed by atoms with Crippen LogP contribution in [-0.2, 0) is 4.79 Å². The molecule has 1 aliphatic rings. The second kappa shape index (κ2) is 10.9. The molecule has 178 valence electrons. The van der Waals surface area contributed by atoms with E-state index in [1.807, 2.05) is 31.2 Å². The summed E-state index contributed by atoms with van der Waals surface area (Å²) in [7, 11) is 1.55. The van der Waals surface area contributed by atoms with Crippen LogP contribution in [0.5, 0.6) is 17.2 Å². The van der Waals surface area contributed by atoms with Gasteiger partial charge in [-0.15, -0.1) is 0 Å². The molecule has 0 saturated carbocycles. The van der Waals surface area contributed by atoms with Gasteiger partial charge in [-0.05, 0) is 84.4 Å². The highest BCUT2D eigenvalue weighted by Crippen LogP contribution is 2.32. The first kappa shape index (κ1) is 24.1. The van der Waals surface area contributed by atoms with Crippen LogP contribution in [-0.4, -0.2) is 42.3 Å². The Morgan fingerprint density at radius 1 is 0.943 bits per heavy atom. The number of carbonyl (C=O) groups is 3. The number of nitrogens with zero attached hydrogens (tertiary/aromatic N) is 1. The molecule has 0 spiro atoms. The largest absolute Gasteiger partial charge is 0.497 e. The standard InChI is InChI=1S/C27H23NO6S/c1-18-4-3-5-23(16-18)33-15-14-28-25(29)24(35-27(28)31)17-19-6-10-22(11-7-19)34-26(30)20-8-12-21(32-2)13-9-20/h3-13,16-17H,14-15H2,1-2H3/b24-17-. The van der Waals surface area contributed by atoms with Crippen molar-refractivity contribution < 1.29 is 28.6 Å². The van der Waals surface area contributed by atoms with E-state index < -0.39 is 5.97 Å². The first-order valence-corrected chi connectivity index (χ1v) is 11.7. The molecule has 0 radical (unpaired) electrons. The van der Waals surface area contributed by atoms with Crippen molar-refractivity contribution in [1.29, 1.82) is 0 Å². The van der Waals surface area contributed by atoms with Crippen LogP contribution >= 0.6 is 11.8 Å². The zero-order valence-electron chi connectivity index (χ0n) is 19.2. The van der Waals surface area contributed by atoms with Crippen molar-refractivity contribution in [2.75, 3.05) is 20.3 Å². The number of hydrogen-bond donors (Lipinski definition) is 0. The summed E-state index contributed by atoms with van der Waals surface area (Å²) in [4.78, 5) is 38.9. The third-order valence-corrected chi connectivity index (χ3v) is 6.07. The fourth-order valence-electron chi connectivity index (χ4n) is 3.33. The first-order chi connectivity index (χ1) is 16.9. The molecule has 0 aliphatic carbocycles. The third-order valence-electron chi connectivity index (χ3n) is 5.16. The Morgan fingerprint density at radius 3 is 2.34 bits per heavy atom. The number of thioether (sulfide) groups is 1. The summed E-state index contributed by atoms with van der Waals surface area (Å²) < 4.78 is 16.1. The van der Waals surface area contributed by atoms with Crippen molar-refractivity contribution in [1.82, 2.24) is 4.90 Å². The van der Waals surface area contributed by atoms with Crippen molar-refractivity contribution in [3.8, 4) is 17.2 Å². The molecule has 4 rings (SSSR count). The highest BCUT2D eigenvalue weighted by Gasteiger charge is 2.34. The number of esters is 1. The number of aryl methyl sites for hydroxylation is 1. The summed E-state index contributed by atoms with van der Waals surface area (Å²) >= 11 is 0.888. The van der Waals surface area contributed by atoms with E-state index in [2.05, 4.69) is 0 Å². The Kier molecular flexibility index (Phi) is 7.52. The van der Waals surface area contributed by atoms with Gasteiger partial charge in [-0.2, -0.15) is 0 Å². The number of hydrogen-bond acceptors (Lipinski definition) is 7. The molecule has 0 unspecified atom stereocenters. The fourth-order valence-corrected chi connectivity index (χ4v) is 4.19. The van der Waals surface area contributed by atoms with Crippen molar-refractivity contribution in [3.63, 3.8) is 0 Å². The molecular formula is C27H23NO6S. The van der Waals surface area contributed by atoms with Gasteiger partial charge in [-0.25, -0.2) is 4.79 Å². The number of benzene rings is 3. The van der Waals surface area contributed by atoms with Crippen LogP contribution in [0.3, 0.4) is 0 Å². The fraction of sp³-hybridized carbons (Fsp3) is 0.148. The van der Waals surface area contributed by atoms with Gasteiger partial charge in [-0.1, -0.05) is 24.3 Å². The van der Waals surface area contributed by atoms with Crippen LogP contribution in [0.2, 0.25) is 0 Å². The summed E-state index contributed by atoms with van der Waals surface area (Å²) in [5.41, 5.74) is 2.17. The van der Waals surface area contributed by atoms with E-state index in [4.69, 9.17) is 14.2 Å². The average molecular weight is 490 g/mol. The highest BCUT2D eigenvalue weighted by atomic mass is 32.2. The maximum Gasteiger partial charge on any atom is 0.343 e. The Balaban J connectivity index is 1.34. The van der Waals surface area contributed by atoms with Gasteiger partial charge in [-0.3, -0.25) is 14.5 Å². The monoisotopic (exact) mass is 489 g/mol. The Bertz CT molecular complexity index is 1270. The van der Waals surface area contributed by atoms with Gasteiger partial charge < -0.3 is 14.2 Å². The van der Waals surface area contributed by atoms with E-state index in [9.17, 15) is 14.4 Å². The van der Waals surface area contributed by atoms with Crippen LogP contribution in [0, 0.1) is 6.92 Å². The molecule has 1 saturated heterocycles. The predicted molar refractivity (Wildman–Crippen MR) is 134 cm³/mol. The van der Waals surface area contributed by atoms with Crippen molar-refractivity contribution in [3.05, 3.63) is 94.4 Å². The maximum atomic E-state index is 12.7. The maximum absolute atomic E-state index is 12.7. The second-order valence-electron chi connectivity index (χ2n) is 7.69. The summed E-state index contributed by atoms with van der Waals surface area (Å²) in [5.74, 6) is 0.857. The summed E-state index contributed by atoms with van der Waals surface area (Å²) in [6, 6.07) is 20.9. The predicted octanol–water partition coefficient (Wildman–Crippen LogP) is 5.34. The van der Waals surface area contributed by atoms with Gasteiger partial charge in [0.2, 0.25) is 0 Å². The van der Waals surface area contributed by atoms with Crippen molar-refractivity contribution >= 4 is 35.0 Å². The quantitative estimate of drug-likeness (QED) is 0.240. The molecule has 3 aromatic carbocycles. The minimum Gasteiger partial charge on any atom is -0.497 e. The molecule has 35 heavy (non-hydrogen) atoms. The molecular weight excluding hydrogens is 466 g/mol. The number of carbonyl (C=O) groups excluding carboxylic acids is 3. The number of amides is 2. The van der Waals surface area contributed by atoms with E-state index in [-0.39, 0.29) is 24.3 Å². The molecule has 3 aromatic rings. The lowest BCUT2D eigenvalue weighted by atomic mass is 10.2. The summed E-state index contributed by atoms with van der Waals surface area (Å²) in [6.07, 6.45) is 1.64. The number of ether oxygens (including phenoxy) is 3. The normalized spacial score (nSPS) is 14.3. The lowest BCUT2D eigenvalue weighted by Crippen LogP contribution is -2.32. The van der Waals surface area contributed by atoms with Crippen LogP contribution in [0.25, 0.3) is 6.08 Å². The van der Waals surface area contributed by atoms with E-state index >= 15 is 0 Å². The molecule has 0 aromatic heterocycles. The van der Waals surface area contributed by atoms with Gasteiger partial charge >= 0.3 is 5.97 Å². The minimum atomic E-state index is -0.491. The lowest BCUT2D eigenvalue weighted by molar-refractivity contribution is -0.123. The van der Waals surface area contributed by atoms with Gasteiger partial charge in [0.15, 0.2) is 0 Å². The molecule has 7 nitrogen and oxygen atoms in total. The van der Waals surface area contributed by atoms with E-state index in [0.29, 0.717) is 33.3 Å². The van der Waals surface area contributed by atoms with Crippen LogP contribution in [0.1, 0.15) is 21.5 Å². The topological polar surface area (TPSA) is 82.1 Å². The van der Waals surface area contributed by atoms with E-state index in [1.165, 1.54) is 4.90 Å². The molecule has 8 heteroatoms. The Hall–Kier alpha value is -4.04. The van der Waals surface area contributed by atoms with Gasteiger partial charge in [0.25, 0.3) is 11.1 Å². The second-order valence-corrected chi connectivity index (χ2v) is 8.68. The van der Waals surface area contributed by atoms with Crippen LogP contribution in [0.4, 0.5) is 4.79 Å². The molecule has 1 fully saturated rings. The highest BCUT2D eigenvalue weighted by molar-refractivity contribution is 8.18. The molecule has 0 bridgehead atoms. The zero-order valence-corrected chi connectivity index (χ0v) is 20.0. The van der Waals surface area contributed by atoms with Crippen LogP contribution in [0.15, 0.2) is 77.7 Å². The first-order valence-electron chi connectivity index (χ1n) is 10.8. The Labute approximate surface area is 207 Å². The van der Waals surface area contributed by atoms with Gasteiger partial charge in [0, 0.05) is 0 Å². The smallest absolute Gasteiger partial charge is 0.343 e. The lowest BCUT2D eigenvalue weighted by Gasteiger charge is -2.13.